The van der Waals surface area contributed by atoms with E-state index in [1.54, 1.807) is 26.0 Å². The second-order valence-corrected chi connectivity index (χ2v) is 5.13. The van der Waals surface area contributed by atoms with Gasteiger partial charge in [-0.05, 0) is 44.0 Å². The predicted molar refractivity (Wildman–Crippen MR) is 78.2 cm³/mol. The normalized spacial score (nSPS) is 10.6. The Kier molecular flexibility index (Phi) is 3.68. The number of aromatic carboxylic acids is 1. The molecule has 0 fully saturated rings. The highest BCUT2D eigenvalue weighted by atomic mass is 35.5. The molecular formula is C15H14ClNO3. The molecule has 4 nitrogen and oxygen atoms in total. The number of halogens is 1. The maximum Gasteiger partial charge on any atom is 0.337 e. The first-order chi connectivity index (χ1) is 9.32. The van der Waals surface area contributed by atoms with Crippen molar-refractivity contribution in [3.8, 4) is 5.69 Å². The number of carboxylic acid groups (broad SMARTS) is 1. The van der Waals surface area contributed by atoms with Crippen molar-refractivity contribution in [3.05, 3.63) is 62.0 Å². The van der Waals surface area contributed by atoms with Crippen LogP contribution in [-0.2, 0) is 0 Å². The van der Waals surface area contributed by atoms with Crippen molar-refractivity contribution in [2.75, 3.05) is 0 Å². The van der Waals surface area contributed by atoms with Crippen molar-refractivity contribution in [1.82, 2.24) is 4.57 Å². The summed E-state index contributed by atoms with van der Waals surface area (Å²) in [4.78, 5) is 23.6. The van der Waals surface area contributed by atoms with Crippen LogP contribution in [-0.4, -0.2) is 15.6 Å². The molecule has 0 atom stereocenters. The third-order valence-corrected chi connectivity index (χ3v) is 3.53. The van der Waals surface area contributed by atoms with E-state index >= 15 is 0 Å². The first kappa shape index (κ1) is 14.3. The van der Waals surface area contributed by atoms with E-state index in [4.69, 9.17) is 11.6 Å². The second kappa shape index (κ2) is 5.13. The van der Waals surface area contributed by atoms with Crippen LogP contribution in [0.15, 0.2) is 29.1 Å². The van der Waals surface area contributed by atoms with Crippen LogP contribution in [0, 0.1) is 20.8 Å². The molecule has 20 heavy (non-hydrogen) atoms. The average Bonchev–Trinajstić information content (AvgIpc) is 2.32. The zero-order valence-electron chi connectivity index (χ0n) is 11.4. The van der Waals surface area contributed by atoms with Crippen LogP contribution in [0.2, 0.25) is 5.02 Å². The fourth-order valence-corrected chi connectivity index (χ4v) is 2.50. The van der Waals surface area contributed by atoms with Gasteiger partial charge in [0.1, 0.15) is 0 Å². The summed E-state index contributed by atoms with van der Waals surface area (Å²) >= 11 is 6.14. The number of nitrogens with zero attached hydrogens (tertiary/aromatic N) is 1. The quantitative estimate of drug-likeness (QED) is 0.925. The second-order valence-electron chi connectivity index (χ2n) is 4.72. The number of aromatic nitrogens is 1. The Morgan fingerprint density at radius 2 is 1.85 bits per heavy atom. The molecule has 0 saturated carbocycles. The summed E-state index contributed by atoms with van der Waals surface area (Å²) in [7, 11) is 0. The van der Waals surface area contributed by atoms with E-state index in [1.807, 2.05) is 13.0 Å². The Labute approximate surface area is 121 Å². The minimum Gasteiger partial charge on any atom is -0.478 e. The summed E-state index contributed by atoms with van der Waals surface area (Å²) < 4.78 is 1.34. The lowest BCUT2D eigenvalue weighted by Gasteiger charge is -2.15. The van der Waals surface area contributed by atoms with Gasteiger partial charge in [0.25, 0.3) is 5.56 Å². The number of hydrogen-bond acceptors (Lipinski definition) is 2. The van der Waals surface area contributed by atoms with E-state index in [1.165, 1.54) is 10.6 Å². The molecule has 0 amide bonds. The number of pyridine rings is 1. The van der Waals surface area contributed by atoms with Crippen LogP contribution in [0.4, 0.5) is 0 Å². The van der Waals surface area contributed by atoms with Crippen molar-refractivity contribution >= 4 is 17.6 Å². The van der Waals surface area contributed by atoms with Crippen LogP contribution in [0.3, 0.4) is 0 Å². The van der Waals surface area contributed by atoms with Crippen molar-refractivity contribution < 1.29 is 9.90 Å². The lowest BCUT2D eigenvalue weighted by Crippen LogP contribution is -2.24. The van der Waals surface area contributed by atoms with Crippen molar-refractivity contribution in [3.63, 3.8) is 0 Å². The molecule has 104 valence electrons. The van der Waals surface area contributed by atoms with Crippen molar-refractivity contribution in [1.29, 1.82) is 0 Å². The molecule has 1 N–H and O–H groups in total. The molecule has 1 aromatic heterocycles. The Morgan fingerprint density at radius 3 is 2.45 bits per heavy atom. The molecule has 1 aromatic carbocycles. The fraction of sp³-hybridized carbons (Fsp3) is 0.200. The molecule has 0 aliphatic heterocycles. The van der Waals surface area contributed by atoms with Gasteiger partial charge in [0.15, 0.2) is 0 Å². The fourth-order valence-electron chi connectivity index (χ4n) is 2.30. The molecule has 0 saturated heterocycles. The van der Waals surface area contributed by atoms with Gasteiger partial charge >= 0.3 is 5.97 Å². The molecule has 0 aliphatic carbocycles. The van der Waals surface area contributed by atoms with Crippen LogP contribution >= 0.6 is 11.6 Å². The van der Waals surface area contributed by atoms with E-state index in [9.17, 15) is 14.7 Å². The number of carboxylic acids is 1. The highest BCUT2D eigenvalue weighted by molar-refractivity contribution is 6.32. The minimum absolute atomic E-state index is 0.127. The predicted octanol–water partition coefficient (Wildman–Crippen LogP) is 3.11. The van der Waals surface area contributed by atoms with Gasteiger partial charge in [-0.1, -0.05) is 17.7 Å². The molecule has 0 aliphatic rings. The van der Waals surface area contributed by atoms with Gasteiger partial charge < -0.3 is 5.11 Å². The van der Waals surface area contributed by atoms with Gasteiger partial charge in [-0.3, -0.25) is 9.36 Å². The van der Waals surface area contributed by atoms with E-state index in [2.05, 4.69) is 0 Å². The van der Waals surface area contributed by atoms with Gasteiger partial charge in [0, 0.05) is 11.8 Å². The standard InChI is InChI=1S/C15H14ClNO3/c1-8-4-5-11(16)12(6-8)17-10(3)14(15(19)20)9(2)7-13(17)18/h4-7H,1-3H3,(H,19,20). The third kappa shape index (κ3) is 2.34. The molecule has 0 bridgehead atoms. The zero-order valence-corrected chi connectivity index (χ0v) is 12.2. The van der Waals surface area contributed by atoms with Gasteiger partial charge in [0.2, 0.25) is 0 Å². The SMILES string of the molecule is Cc1ccc(Cl)c(-n2c(C)c(C(=O)O)c(C)cc2=O)c1. The van der Waals surface area contributed by atoms with Crippen LogP contribution < -0.4 is 5.56 Å². The van der Waals surface area contributed by atoms with Gasteiger partial charge in [-0.2, -0.15) is 0 Å². The molecule has 0 spiro atoms. The lowest BCUT2D eigenvalue weighted by atomic mass is 10.1. The molecular weight excluding hydrogens is 278 g/mol. The molecule has 0 radical (unpaired) electrons. The third-order valence-electron chi connectivity index (χ3n) is 3.21. The summed E-state index contributed by atoms with van der Waals surface area (Å²) in [5.41, 5.74) is 2.08. The van der Waals surface area contributed by atoms with E-state index in [0.717, 1.165) is 5.56 Å². The summed E-state index contributed by atoms with van der Waals surface area (Å²) in [6, 6.07) is 6.60. The minimum atomic E-state index is -1.06. The summed E-state index contributed by atoms with van der Waals surface area (Å²) in [6.07, 6.45) is 0. The number of carbonyl (C=O) groups is 1. The maximum atomic E-state index is 12.2. The summed E-state index contributed by atoms with van der Waals surface area (Å²) in [5, 5.41) is 9.69. The Balaban J connectivity index is 2.88. The zero-order chi connectivity index (χ0) is 15.0. The Hall–Kier alpha value is -2.07. The molecule has 1 heterocycles. The number of benzene rings is 1. The highest BCUT2D eigenvalue weighted by Crippen LogP contribution is 2.23. The smallest absolute Gasteiger partial charge is 0.337 e. The first-order valence-electron chi connectivity index (χ1n) is 6.06. The lowest BCUT2D eigenvalue weighted by molar-refractivity contribution is 0.0694. The molecule has 2 aromatic rings. The molecule has 5 heteroatoms. The number of aryl methyl sites for hydroxylation is 2. The first-order valence-corrected chi connectivity index (χ1v) is 6.44. The van der Waals surface area contributed by atoms with Crippen molar-refractivity contribution in [2.24, 2.45) is 0 Å². The van der Waals surface area contributed by atoms with Gasteiger partial charge in [-0.15, -0.1) is 0 Å². The maximum absolute atomic E-state index is 12.2. The van der Waals surface area contributed by atoms with E-state index in [-0.39, 0.29) is 11.1 Å². The summed E-state index contributed by atoms with van der Waals surface area (Å²) in [6.45, 7) is 5.10. The molecule has 2 rings (SSSR count). The number of hydrogen-bond donors (Lipinski definition) is 1. The molecule has 0 unspecified atom stereocenters. The highest BCUT2D eigenvalue weighted by Gasteiger charge is 2.18. The van der Waals surface area contributed by atoms with Crippen LogP contribution in [0.25, 0.3) is 5.69 Å². The topological polar surface area (TPSA) is 59.3 Å². The Morgan fingerprint density at radius 1 is 1.20 bits per heavy atom. The van der Waals surface area contributed by atoms with Crippen LogP contribution in [0.1, 0.15) is 27.2 Å². The van der Waals surface area contributed by atoms with Gasteiger partial charge in [-0.25, -0.2) is 4.79 Å². The largest absolute Gasteiger partial charge is 0.478 e. The van der Waals surface area contributed by atoms with Gasteiger partial charge in [0.05, 0.1) is 16.3 Å². The summed E-state index contributed by atoms with van der Waals surface area (Å²) in [5.74, 6) is -1.06. The average molecular weight is 292 g/mol. The van der Waals surface area contributed by atoms with E-state index in [0.29, 0.717) is 22.0 Å². The van der Waals surface area contributed by atoms with Crippen LogP contribution in [0.5, 0.6) is 0 Å². The Bertz CT molecular complexity index is 762. The van der Waals surface area contributed by atoms with E-state index < -0.39 is 5.97 Å². The number of rotatable bonds is 2. The van der Waals surface area contributed by atoms with Crippen molar-refractivity contribution in [2.45, 2.75) is 20.8 Å². The monoisotopic (exact) mass is 291 g/mol.